The number of hydrogen-bond acceptors (Lipinski definition) is 4. The van der Waals surface area contributed by atoms with E-state index in [2.05, 4.69) is 10.1 Å². The van der Waals surface area contributed by atoms with E-state index < -0.39 is 34.8 Å². The summed E-state index contributed by atoms with van der Waals surface area (Å²) in [6.45, 7) is -0.136. The summed E-state index contributed by atoms with van der Waals surface area (Å²) in [5.41, 5.74) is 0.534. The molecule has 118 valence electrons. The van der Waals surface area contributed by atoms with Gasteiger partial charge in [-0.25, -0.2) is 13.2 Å². The summed E-state index contributed by atoms with van der Waals surface area (Å²) < 4.78 is 62.2. The molecule has 1 atom stereocenters. The van der Waals surface area contributed by atoms with Gasteiger partial charge in [0.1, 0.15) is 0 Å². The molecule has 0 saturated heterocycles. The minimum Gasteiger partial charge on any atom is -0.440 e. The predicted molar refractivity (Wildman–Crippen MR) is 68.5 cm³/mol. The fourth-order valence-electron chi connectivity index (χ4n) is 1.45. The van der Waals surface area contributed by atoms with Crippen LogP contribution in [0.5, 0.6) is 0 Å². The third-order valence-corrected chi connectivity index (χ3v) is 3.64. The molecule has 0 bridgehead atoms. The third-order valence-electron chi connectivity index (χ3n) is 2.51. The second-order valence-electron chi connectivity index (χ2n) is 4.40. The standard InChI is InChI=1S/C12H14F3NO4S/c1-8(16-11(17)20-7-12(13,14)15)9-3-5-10(6-4-9)21(2,18)19/h3-6,8H,7H2,1-2H3,(H,16,17). The van der Waals surface area contributed by atoms with Crippen LogP contribution in [-0.2, 0) is 14.6 Å². The van der Waals surface area contributed by atoms with Crippen LogP contribution in [0.25, 0.3) is 0 Å². The molecule has 0 spiro atoms. The maximum Gasteiger partial charge on any atom is 0.422 e. The first-order valence-electron chi connectivity index (χ1n) is 5.79. The van der Waals surface area contributed by atoms with Crippen LogP contribution in [-0.4, -0.2) is 33.5 Å². The second kappa shape index (κ2) is 6.33. The number of sulfone groups is 1. The van der Waals surface area contributed by atoms with Crippen molar-refractivity contribution in [3.8, 4) is 0 Å². The largest absolute Gasteiger partial charge is 0.440 e. The molecule has 0 saturated carbocycles. The van der Waals surface area contributed by atoms with Crippen molar-refractivity contribution in [2.45, 2.75) is 24.0 Å². The van der Waals surface area contributed by atoms with Crippen LogP contribution in [0, 0.1) is 0 Å². The maximum absolute atomic E-state index is 11.9. The molecule has 1 amide bonds. The van der Waals surface area contributed by atoms with Crippen LogP contribution >= 0.6 is 0 Å². The van der Waals surface area contributed by atoms with Crippen molar-refractivity contribution in [2.24, 2.45) is 0 Å². The van der Waals surface area contributed by atoms with E-state index in [1.807, 2.05) is 0 Å². The minimum absolute atomic E-state index is 0.109. The molecule has 1 rings (SSSR count). The number of rotatable bonds is 4. The lowest BCUT2D eigenvalue weighted by Crippen LogP contribution is -2.30. The van der Waals surface area contributed by atoms with Crippen molar-refractivity contribution in [1.82, 2.24) is 5.32 Å². The number of benzene rings is 1. The van der Waals surface area contributed by atoms with Gasteiger partial charge in [-0.2, -0.15) is 13.2 Å². The van der Waals surface area contributed by atoms with Gasteiger partial charge in [-0.05, 0) is 24.6 Å². The summed E-state index contributed by atoms with van der Waals surface area (Å²) >= 11 is 0. The number of amides is 1. The van der Waals surface area contributed by atoms with Crippen LogP contribution in [0.2, 0.25) is 0 Å². The maximum atomic E-state index is 11.9. The van der Waals surface area contributed by atoms with E-state index >= 15 is 0 Å². The molecule has 9 heteroatoms. The lowest BCUT2D eigenvalue weighted by molar-refractivity contribution is -0.160. The summed E-state index contributed by atoms with van der Waals surface area (Å²) in [4.78, 5) is 11.3. The molecule has 0 aliphatic heterocycles. The number of ether oxygens (including phenoxy) is 1. The van der Waals surface area contributed by atoms with Gasteiger partial charge in [0.05, 0.1) is 10.9 Å². The van der Waals surface area contributed by atoms with E-state index in [-0.39, 0.29) is 4.90 Å². The fraction of sp³-hybridized carbons (Fsp3) is 0.417. The van der Waals surface area contributed by atoms with E-state index in [1.54, 1.807) is 0 Å². The van der Waals surface area contributed by atoms with Crippen molar-refractivity contribution >= 4 is 15.9 Å². The van der Waals surface area contributed by atoms with Crippen molar-refractivity contribution in [2.75, 3.05) is 12.9 Å². The number of hydrogen-bond donors (Lipinski definition) is 1. The summed E-state index contributed by atoms with van der Waals surface area (Å²) in [5.74, 6) is 0. The lowest BCUT2D eigenvalue weighted by atomic mass is 10.1. The van der Waals surface area contributed by atoms with Crippen LogP contribution in [0.4, 0.5) is 18.0 Å². The molecule has 21 heavy (non-hydrogen) atoms. The molecule has 0 aliphatic carbocycles. The van der Waals surface area contributed by atoms with Crippen molar-refractivity contribution in [3.63, 3.8) is 0 Å². The molecule has 1 N–H and O–H groups in total. The molecule has 0 aromatic heterocycles. The normalized spacial score (nSPS) is 13.6. The molecule has 1 aromatic rings. The van der Waals surface area contributed by atoms with E-state index in [9.17, 15) is 26.4 Å². The van der Waals surface area contributed by atoms with Crippen molar-refractivity contribution in [3.05, 3.63) is 29.8 Å². The Morgan fingerprint density at radius 3 is 2.24 bits per heavy atom. The van der Waals surface area contributed by atoms with E-state index in [1.165, 1.54) is 31.2 Å². The van der Waals surface area contributed by atoms with Gasteiger partial charge >= 0.3 is 12.3 Å². The molecular formula is C12H14F3NO4S. The van der Waals surface area contributed by atoms with Crippen LogP contribution in [0.1, 0.15) is 18.5 Å². The monoisotopic (exact) mass is 325 g/mol. The zero-order valence-electron chi connectivity index (χ0n) is 11.3. The van der Waals surface area contributed by atoms with Crippen LogP contribution < -0.4 is 5.32 Å². The van der Waals surface area contributed by atoms with Gasteiger partial charge in [-0.3, -0.25) is 0 Å². The third kappa shape index (κ3) is 6.03. The first-order valence-corrected chi connectivity index (χ1v) is 7.68. The summed E-state index contributed by atoms with van der Waals surface area (Å²) in [5, 5.41) is 2.22. The zero-order valence-corrected chi connectivity index (χ0v) is 12.1. The molecule has 0 heterocycles. The highest BCUT2D eigenvalue weighted by atomic mass is 32.2. The van der Waals surface area contributed by atoms with Crippen molar-refractivity contribution in [1.29, 1.82) is 0 Å². The zero-order chi connectivity index (χ0) is 16.3. The first kappa shape index (κ1) is 17.3. The summed E-state index contributed by atoms with van der Waals surface area (Å²) in [6, 6.07) is 5.00. The number of carbonyl (C=O) groups excluding carboxylic acids is 1. The Morgan fingerprint density at radius 1 is 1.29 bits per heavy atom. The summed E-state index contributed by atoms with van der Waals surface area (Å²) in [7, 11) is -3.33. The lowest BCUT2D eigenvalue weighted by Gasteiger charge is -2.15. The molecule has 1 unspecified atom stereocenters. The molecule has 0 aliphatic rings. The molecule has 0 fully saturated rings. The predicted octanol–water partition coefficient (Wildman–Crippen LogP) is 2.44. The highest BCUT2D eigenvalue weighted by Gasteiger charge is 2.29. The highest BCUT2D eigenvalue weighted by Crippen LogP contribution is 2.17. The van der Waals surface area contributed by atoms with E-state index in [0.717, 1.165) is 6.26 Å². The van der Waals surface area contributed by atoms with Gasteiger partial charge in [-0.15, -0.1) is 0 Å². The average Bonchev–Trinajstić information content (AvgIpc) is 2.34. The minimum atomic E-state index is -4.59. The molecule has 5 nitrogen and oxygen atoms in total. The number of alkyl halides is 3. The Labute approximate surface area is 120 Å². The Balaban J connectivity index is 2.64. The Hall–Kier alpha value is -1.77. The first-order chi connectivity index (χ1) is 9.49. The van der Waals surface area contributed by atoms with Crippen LogP contribution in [0.15, 0.2) is 29.2 Å². The Morgan fingerprint density at radius 2 is 1.81 bits per heavy atom. The quantitative estimate of drug-likeness (QED) is 0.923. The smallest absolute Gasteiger partial charge is 0.422 e. The molecule has 0 radical (unpaired) electrons. The van der Waals surface area contributed by atoms with Gasteiger partial charge in [0, 0.05) is 6.26 Å². The van der Waals surface area contributed by atoms with Crippen LogP contribution in [0.3, 0.4) is 0 Å². The Bertz CT molecular complexity index is 596. The molecular weight excluding hydrogens is 311 g/mol. The highest BCUT2D eigenvalue weighted by molar-refractivity contribution is 7.90. The van der Waals surface area contributed by atoms with Crippen molar-refractivity contribution < 1.29 is 31.1 Å². The SMILES string of the molecule is CC(NC(=O)OCC(F)(F)F)c1ccc(S(C)(=O)=O)cc1. The number of carbonyl (C=O) groups is 1. The van der Waals surface area contributed by atoms with Gasteiger partial charge in [0.15, 0.2) is 16.4 Å². The number of halogens is 3. The van der Waals surface area contributed by atoms with Gasteiger partial charge in [0.2, 0.25) is 0 Å². The average molecular weight is 325 g/mol. The number of alkyl carbamates (subject to hydrolysis) is 1. The fourth-order valence-corrected chi connectivity index (χ4v) is 2.08. The Kier molecular flexibility index (Phi) is 5.21. The second-order valence-corrected chi connectivity index (χ2v) is 6.41. The van der Waals surface area contributed by atoms with E-state index in [4.69, 9.17) is 0 Å². The number of nitrogens with one attached hydrogen (secondary N) is 1. The molecule has 1 aromatic carbocycles. The van der Waals surface area contributed by atoms with Gasteiger partial charge in [-0.1, -0.05) is 12.1 Å². The van der Waals surface area contributed by atoms with Gasteiger partial charge < -0.3 is 10.1 Å². The van der Waals surface area contributed by atoms with Gasteiger partial charge in [0.25, 0.3) is 0 Å². The topological polar surface area (TPSA) is 72.5 Å². The summed E-state index contributed by atoms with van der Waals surface area (Å²) in [6.07, 6.45) is -4.73. The van der Waals surface area contributed by atoms with E-state index in [0.29, 0.717) is 5.56 Å².